The molecule has 1 aliphatic heterocycles. The zero-order valence-corrected chi connectivity index (χ0v) is 22.8. The maximum Gasteiger partial charge on any atom is 0.310 e. The molecule has 0 radical (unpaired) electrons. The Morgan fingerprint density at radius 2 is 1.70 bits per heavy atom. The lowest BCUT2D eigenvalue weighted by atomic mass is 9.92. The number of carbonyl (C=O) groups excluding carboxylic acids is 2. The minimum absolute atomic E-state index is 0.00300. The predicted octanol–water partition coefficient (Wildman–Crippen LogP) is 3.49. The molecule has 40 heavy (non-hydrogen) atoms. The van der Waals surface area contributed by atoms with Crippen LogP contribution in [0.2, 0.25) is 0 Å². The van der Waals surface area contributed by atoms with E-state index >= 15 is 0 Å². The van der Waals surface area contributed by atoms with Crippen molar-refractivity contribution in [3.8, 4) is 5.69 Å². The van der Waals surface area contributed by atoms with Gasteiger partial charge < -0.3 is 10.6 Å². The van der Waals surface area contributed by atoms with Crippen LogP contribution < -0.4 is 10.6 Å². The second-order valence-electron chi connectivity index (χ2n) is 9.54. The van der Waals surface area contributed by atoms with Gasteiger partial charge in [-0.15, -0.1) is 0 Å². The maximum absolute atomic E-state index is 14.5. The summed E-state index contributed by atoms with van der Waals surface area (Å²) in [5, 5.41) is 9.23. The highest BCUT2D eigenvalue weighted by molar-refractivity contribution is 7.89. The molecule has 0 saturated carbocycles. The lowest BCUT2D eigenvalue weighted by molar-refractivity contribution is -0.126. The van der Waals surface area contributed by atoms with E-state index in [-0.39, 0.29) is 42.0 Å². The average Bonchev–Trinajstić information content (AvgIpc) is 3.43. The van der Waals surface area contributed by atoms with Crippen molar-refractivity contribution in [2.45, 2.75) is 36.6 Å². The molecule has 2 heterocycles. The summed E-state index contributed by atoms with van der Waals surface area (Å²) in [4.78, 5) is 25.8. The number of alkyl halides is 2. The van der Waals surface area contributed by atoms with E-state index in [1.807, 2.05) is 0 Å². The maximum atomic E-state index is 14.5. The number of amides is 2. The second kappa shape index (κ2) is 12.1. The summed E-state index contributed by atoms with van der Waals surface area (Å²) < 4.78 is 57.6. The van der Waals surface area contributed by atoms with Crippen LogP contribution in [0.25, 0.3) is 5.69 Å². The molecule has 0 aliphatic carbocycles. The monoisotopic (exact) mass is 571 g/mol. The van der Waals surface area contributed by atoms with Crippen molar-refractivity contribution in [1.29, 1.82) is 0 Å². The molecular weight excluding hydrogens is 540 g/mol. The van der Waals surface area contributed by atoms with E-state index in [2.05, 4.69) is 22.3 Å². The average molecular weight is 572 g/mol. The summed E-state index contributed by atoms with van der Waals surface area (Å²) >= 11 is 0. The number of nitrogens with zero attached hydrogens (tertiary/aromatic N) is 3. The largest absolute Gasteiger partial charge is 0.354 e. The molecule has 2 aromatic carbocycles. The number of sulfonamides is 1. The topological polar surface area (TPSA) is 113 Å². The van der Waals surface area contributed by atoms with E-state index in [0.29, 0.717) is 24.6 Å². The molecule has 212 valence electrons. The molecule has 3 aromatic rings. The van der Waals surface area contributed by atoms with Crippen molar-refractivity contribution in [2.75, 3.05) is 19.6 Å². The first kappa shape index (κ1) is 29.1. The summed E-state index contributed by atoms with van der Waals surface area (Å²) in [6.07, 6.45) is 2.36. The SMILES string of the molecule is C=CC(F)(F)c1nn(-c2ccccc2)cc1C(=O)NCCNC(=O)C1CCN(S(=O)(=O)c2ccccc2)C(C)C1. The zero-order chi connectivity index (χ0) is 28.9. The molecule has 4 rings (SSSR count). The molecule has 1 fully saturated rings. The Morgan fingerprint density at radius 3 is 2.33 bits per heavy atom. The fourth-order valence-electron chi connectivity index (χ4n) is 4.67. The molecule has 1 aromatic heterocycles. The van der Waals surface area contributed by atoms with Gasteiger partial charge in [-0.25, -0.2) is 13.1 Å². The molecule has 0 bridgehead atoms. The van der Waals surface area contributed by atoms with Crippen LogP contribution >= 0.6 is 0 Å². The van der Waals surface area contributed by atoms with Crippen molar-refractivity contribution >= 4 is 21.8 Å². The number of nitrogens with one attached hydrogen (secondary N) is 2. The third-order valence-electron chi connectivity index (χ3n) is 6.80. The van der Waals surface area contributed by atoms with Crippen LogP contribution in [0.4, 0.5) is 8.78 Å². The van der Waals surface area contributed by atoms with Crippen LogP contribution in [0.1, 0.15) is 35.8 Å². The number of benzene rings is 2. The van der Waals surface area contributed by atoms with Crippen LogP contribution in [-0.2, 0) is 20.7 Å². The van der Waals surface area contributed by atoms with Crippen molar-refractivity contribution in [1.82, 2.24) is 24.7 Å². The molecule has 2 N–H and O–H groups in total. The van der Waals surface area contributed by atoms with Crippen molar-refractivity contribution in [3.05, 3.63) is 90.8 Å². The van der Waals surface area contributed by atoms with Gasteiger partial charge in [0.05, 0.1) is 16.1 Å². The van der Waals surface area contributed by atoms with Gasteiger partial charge in [-0.2, -0.15) is 18.2 Å². The third kappa shape index (κ3) is 6.28. The van der Waals surface area contributed by atoms with Gasteiger partial charge in [0, 0.05) is 37.8 Å². The van der Waals surface area contributed by atoms with Gasteiger partial charge in [0.25, 0.3) is 5.91 Å². The number of hydrogen-bond donors (Lipinski definition) is 2. The van der Waals surface area contributed by atoms with Gasteiger partial charge in [0.1, 0.15) is 5.69 Å². The van der Waals surface area contributed by atoms with E-state index in [4.69, 9.17) is 0 Å². The third-order valence-corrected chi connectivity index (χ3v) is 8.83. The van der Waals surface area contributed by atoms with Gasteiger partial charge >= 0.3 is 5.92 Å². The first-order valence-electron chi connectivity index (χ1n) is 12.8. The smallest absolute Gasteiger partial charge is 0.310 e. The second-order valence-corrected chi connectivity index (χ2v) is 11.4. The number of carbonyl (C=O) groups is 2. The molecule has 1 aliphatic rings. The summed E-state index contributed by atoms with van der Waals surface area (Å²) in [7, 11) is -3.66. The van der Waals surface area contributed by atoms with E-state index in [0.717, 1.165) is 0 Å². The van der Waals surface area contributed by atoms with Crippen LogP contribution in [0.5, 0.6) is 0 Å². The highest BCUT2D eigenvalue weighted by atomic mass is 32.2. The summed E-state index contributed by atoms with van der Waals surface area (Å²) in [5.74, 6) is -4.94. The van der Waals surface area contributed by atoms with Crippen molar-refractivity contribution < 1.29 is 26.8 Å². The normalized spacial score (nSPS) is 18.2. The lowest BCUT2D eigenvalue weighted by Crippen LogP contribution is -2.48. The predicted molar refractivity (Wildman–Crippen MR) is 146 cm³/mol. The van der Waals surface area contributed by atoms with Gasteiger partial charge in [0.15, 0.2) is 0 Å². The Morgan fingerprint density at radius 1 is 1.07 bits per heavy atom. The Bertz CT molecular complexity index is 1460. The number of piperidine rings is 1. The Hall–Kier alpha value is -3.90. The van der Waals surface area contributed by atoms with Gasteiger partial charge in [-0.3, -0.25) is 9.59 Å². The fourth-order valence-corrected chi connectivity index (χ4v) is 6.35. The number of aromatic nitrogens is 2. The highest BCUT2D eigenvalue weighted by Gasteiger charge is 2.37. The molecule has 12 heteroatoms. The van der Waals surface area contributed by atoms with E-state index in [1.165, 1.54) is 15.2 Å². The summed E-state index contributed by atoms with van der Waals surface area (Å²) in [6, 6.07) is 16.3. The molecular formula is C28H31F2N5O4S. The lowest BCUT2D eigenvalue weighted by Gasteiger charge is -2.36. The number of para-hydroxylation sites is 1. The Balaban J connectivity index is 1.32. The van der Waals surface area contributed by atoms with Crippen molar-refractivity contribution in [2.24, 2.45) is 5.92 Å². The van der Waals surface area contributed by atoms with Gasteiger partial charge in [-0.1, -0.05) is 43.0 Å². The molecule has 1 saturated heterocycles. The van der Waals surface area contributed by atoms with E-state index in [9.17, 15) is 26.8 Å². The molecule has 2 amide bonds. The van der Waals surface area contributed by atoms with Gasteiger partial charge in [-0.05, 0) is 50.1 Å². The number of halogens is 2. The Labute approximate surface area is 231 Å². The van der Waals surface area contributed by atoms with Crippen LogP contribution in [0.3, 0.4) is 0 Å². The minimum Gasteiger partial charge on any atom is -0.354 e. The van der Waals surface area contributed by atoms with Crippen LogP contribution in [0.15, 0.2) is 84.4 Å². The Kier molecular flexibility index (Phi) is 8.79. The van der Waals surface area contributed by atoms with Crippen molar-refractivity contribution in [3.63, 3.8) is 0 Å². The molecule has 2 unspecified atom stereocenters. The zero-order valence-electron chi connectivity index (χ0n) is 22.0. The van der Waals surface area contributed by atoms with Crippen LogP contribution in [-0.4, -0.2) is 60.0 Å². The molecule has 0 spiro atoms. The fraction of sp³-hybridized carbons (Fsp3) is 0.321. The van der Waals surface area contributed by atoms with Crippen LogP contribution in [0, 0.1) is 5.92 Å². The highest BCUT2D eigenvalue weighted by Crippen LogP contribution is 2.31. The first-order valence-corrected chi connectivity index (χ1v) is 14.3. The minimum atomic E-state index is -3.66. The van der Waals surface area contributed by atoms with Gasteiger partial charge in [0.2, 0.25) is 15.9 Å². The molecule has 9 nitrogen and oxygen atoms in total. The number of rotatable bonds is 10. The quantitative estimate of drug-likeness (QED) is 0.286. The number of allylic oxidation sites excluding steroid dienone is 1. The van der Waals surface area contributed by atoms with E-state index in [1.54, 1.807) is 67.6 Å². The standard InChI is InChI=1S/C28H31F2N5O4S/c1-3-28(29,30)25-24(19-34(33-25)22-10-6-4-7-11-22)27(37)32-16-15-31-26(36)21-14-17-35(20(2)18-21)40(38,39)23-12-8-5-9-13-23/h3-13,19-21H,1,14-18H2,2H3,(H,31,36)(H,32,37). The van der Waals surface area contributed by atoms with E-state index < -0.39 is 33.5 Å². The molecule has 2 atom stereocenters. The first-order chi connectivity index (χ1) is 19.0. The number of hydrogen-bond acceptors (Lipinski definition) is 5. The summed E-state index contributed by atoms with van der Waals surface area (Å²) in [6.45, 7) is 5.20. The summed E-state index contributed by atoms with van der Waals surface area (Å²) in [5.41, 5.74) is -0.522.